The van der Waals surface area contributed by atoms with Gasteiger partial charge in [-0.15, -0.1) is 13.2 Å². The maximum atomic E-state index is 11.0. The molecule has 0 spiro atoms. The topological polar surface area (TPSA) is 29.5 Å². The summed E-state index contributed by atoms with van der Waals surface area (Å²) in [6.07, 6.45) is 3.71. The number of hydrogen-bond acceptors (Lipinski definition) is 4. The molecule has 0 fully saturated rings. The standard InChI is InChI=1S/C9H18NO2PS/c1-4-6-10(7-5-2)8-9-14-13(11)12-3/h4-5,13H,1-2,6-9H2,3H3. The van der Waals surface area contributed by atoms with Crippen molar-refractivity contribution in [2.24, 2.45) is 0 Å². The molecule has 1 atom stereocenters. The van der Waals surface area contributed by atoms with E-state index in [1.807, 2.05) is 12.2 Å². The minimum Gasteiger partial charge on any atom is -0.326 e. The predicted octanol–water partition coefficient (Wildman–Crippen LogP) is 2.43. The van der Waals surface area contributed by atoms with Crippen LogP contribution in [0.15, 0.2) is 25.3 Å². The van der Waals surface area contributed by atoms with Gasteiger partial charge in [-0.2, -0.15) is 0 Å². The van der Waals surface area contributed by atoms with Gasteiger partial charge in [0.2, 0.25) is 7.23 Å². The zero-order valence-corrected chi connectivity index (χ0v) is 10.4. The Kier molecular flexibility index (Phi) is 9.52. The first-order chi connectivity index (χ1) is 6.74. The smallest absolute Gasteiger partial charge is 0.246 e. The van der Waals surface area contributed by atoms with Crippen LogP contribution >= 0.6 is 18.6 Å². The molecule has 0 rings (SSSR count). The molecule has 0 aromatic carbocycles. The molecular formula is C9H18NO2PS. The van der Waals surface area contributed by atoms with Crippen LogP contribution in [0.5, 0.6) is 0 Å². The monoisotopic (exact) mass is 235 g/mol. The Morgan fingerprint density at radius 2 is 2.00 bits per heavy atom. The summed E-state index contributed by atoms with van der Waals surface area (Å²) in [5, 5.41) is 0. The van der Waals surface area contributed by atoms with E-state index >= 15 is 0 Å². The molecule has 0 aromatic heterocycles. The summed E-state index contributed by atoms with van der Waals surface area (Å²) in [5.41, 5.74) is 0. The van der Waals surface area contributed by atoms with Crippen molar-refractivity contribution in [2.75, 3.05) is 32.5 Å². The first-order valence-electron chi connectivity index (χ1n) is 4.39. The van der Waals surface area contributed by atoms with Crippen LogP contribution in [0, 0.1) is 0 Å². The van der Waals surface area contributed by atoms with Crippen molar-refractivity contribution < 1.29 is 9.09 Å². The lowest BCUT2D eigenvalue weighted by Gasteiger charge is -2.17. The summed E-state index contributed by atoms with van der Waals surface area (Å²) in [6, 6.07) is 0. The molecule has 0 aliphatic heterocycles. The van der Waals surface area contributed by atoms with Gasteiger partial charge >= 0.3 is 0 Å². The molecule has 3 nitrogen and oxygen atoms in total. The second kappa shape index (κ2) is 9.53. The van der Waals surface area contributed by atoms with Crippen molar-refractivity contribution in [1.82, 2.24) is 4.90 Å². The van der Waals surface area contributed by atoms with E-state index in [0.717, 1.165) is 25.4 Å². The quantitative estimate of drug-likeness (QED) is 0.453. The molecule has 0 aliphatic carbocycles. The highest BCUT2D eigenvalue weighted by Gasteiger charge is 2.02. The van der Waals surface area contributed by atoms with Gasteiger partial charge in [-0.05, 0) is 0 Å². The fourth-order valence-electron chi connectivity index (χ4n) is 0.939. The third kappa shape index (κ3) is 7.39. The molecule has 5 heteroatoms. The fraction of sp³-hybridized carbons (Fsp3) is 0.556. The van der Waals surface area contributed by atoms with Crippen LogP contribution in [0.4, 0.5) is 0 Å². The lowest BCUT2D eigenvalue weighted by molar-refractivity contribution is 0.358. The Morgan fingerprint density at radius 1 is 1.43 bits per heavy atom. The predicted molar refractivity (Wildman–Crippen MR) is 65.3 cm³/mol. The maximum absolute atomic E-state index is 11.0. The van der Waals surface area contributed by atoms with E-state index in [4.69, 9.17) is 4.52 Å². The van der Waals surface area contributed by atoms with E-state index in [2.05, 4.69) is 18.1 Å². The van der Waals surface area contributed by atoms with Crippen LogP contribution < -0.4 is 0 Å². The molecule has 1 unspecified atom stereocenters. The molecule has 0 aromatic rings. The maximum Gasteiger partial charge on any atom is 0.246 e. The molecule has 0 amide bonds. The van der Waals surface area contributed by atoms with E-state index in [1.165, 1.54) is 18.5 Å². The van der Waals surface area contributed by atoms with Crippen molar-refractivity contribution in [3.63, 3.8) is 0 Å². The molecule has 14 heavy (non-hydrogen) atoms. The summed E-state index contributed by atoms with van der Waals surface area (Å²) < 4.78 is 15.7. The number of rotatable bonds is 9. The van der Waals surface area contributed by atoms with E-state index in [0.29, 0.717) is 0 Å². The van der Waals surface area contributed by atoms with Crippen LogP contribution in [0.25, 0.3) is 0 Å². The third-order valence-electron chi connectivity index (χ3n) is 1.57. The van der Waals surface area contributed by atoms with E-state index < -0.39 is 7.23 Å². The van der Waals surface area contributed by atoms with Crippen LogP contribution in [-0.4, -0.2) is 37.4 Å². The highest BCUT2D eigenvalue weighted by molar-refractivity contribution is 8.50. The minimum absolute atomic E-state index is 0.813. The van der Waals surface area contributed by atoms with Crippen LogP contribution in [0.3, 0.4) is 0 Å². The van der Waals surface area contributed by atoms with Crippen LogP contribution in [0.2, 0.25) is 0 Å². The Hall–Kier alpha value is -0.0200. The van der Waals surface area contributed by atoms with Crippen molar-refractivity contribution in [3.05, 3.63) is 25.3 Å². The molecule has 0 bridgehead atoms. The molecule has 0 aliphatic rings. The Labute approximate surface area is 90.8 Å². The Balaban J connectivity index is 3.64. The third-order valence-corrected chi connectivity index (χ3v) is 4.34. The normalized spacial score (nSPS) is 12.7. The largest absolute Gasteiger partial charge is 0.326 e. The van der Waals surface area contributed by atoms with Gasteiger partial charge in [0.15, 0.2) is 0 Å². The van der Waals surface area contributed by atoms with Gasteiger partial charge in [0.1, 0.15) is 0 Å². The molecule has 82 valence electrons. The molecule has 0 saturated carbocycles. The molecule has 0 heterocycles. The van der Waals surface area contributed by atoms with Gasteiger partial charge in [0.25, 0.3) is 0 Å². The number of nitrogens with zero attached hydrogens (tertiary/aromatic N) is 1. The molecule has 0 radical (unpaired) electrons. The van der Waals surface area contributed by atoms with Gasteiger partial charge in [-0.1, -0.05) is 23.5 Å². The molecular weight excluding hydrogens is 217 g/mol. The fourth-order valence-corrected chi connectivity index (χ4v) is 2.70. The van der Waals surface area contributed by atoms with E-state index in [-0.39, 0.29) is 0 Å². The van der Waals surface area contributed by atoms with E-state index in [9.17, 15) is 4.57 Å². The highest BCUT2D eigenvalue weighted by atomic mass is 32.7. The van der Waals surface area contributed by atoms with Crippen molar-refractivity contribution in [3.8, 4) is 0 Å². The van der Waals surface area contributed by atoms with Crippen LogP contribution in [0.1, 0.15) is 0 Å². The van der Waals surface area contributed by atoms with Gasteiger partial charge in [0, 0.05) is 32.5 Å². The average molecular weight is 235 g/mol. The second-order valence-electron chi connectivity index (χ2n) is 2.64. The lowest BCUT2D eigenvalue weighted by Crippen LogP contribution is -2.26. The molecule has 0 N–H and O–H groups in total. The van der Waals surface area contributed by atoms with Crippen molar-refractivity contribution in [1.29, 1.82) is 0 Å². The average Bonchev–Trinajstić information content (AvgIpc) is 2.18. The summed E-state index contributed by atoms with van der Waals surface area (Å²) >= 11 is 1.37. The summed E-state index contributed by atoms with van der Waals surface area (Å²) in [6.45, 7) is 9.90. The SMILES string of the molecule is C=CCN(CC=C)CCS[PH](=O)OC. The summed E-state index contributed by atoms with van der Waals surface area (Å²) in [5.74, 6) is 0.813. The van der Waals surface area contributed by atoms with Crippen molar-refractivity contribution in [2.45, 2.75) is 0 Å². The highest BCUT2D eigenvalue weighted by Crippen LogP contribution is 2.37. The van der Waals surface area contributed by atoms with Crippen LogP contribution in [-0.2, 0) is 9.09 Å². The van der Waals surface area contributed by atoms with Gasteiger partial charge in [-0.25, -0.2) is 0 Å². The first kappa shape index (κ1) is 14.0. The Bertz CT molecular complexity index is 189. The zero-order chi connectivity index (χ0) is 10.8. The number of hydrogen-bond donors (Lipinski definition) is 0. The summed E-state index contributed by atoms with van der Waals surface area (Å²) in [4.78, 5) is 2.18. The van der Waals surface area contributed by atoms with Gasteiger partial charge in [-0.3, -0.25) is 9.46 Å². The van der Waals surface area contributed by atoms with Gasteiger partial charge < -0.3 is 4.52 Å². The molecule has 0 saturated heterocycles. The lowest BCUT2D eigenvalue weighted by atomic mass is 10.4. The minimum atomic E-state index is -1.87. The van der Waals surface area contributed by atoms with Crippen molar-refractivity contribution >= 4 is 18.6 Å². The second-order valence-corrected chi connectivity index (χ2v) is 6.11. The van der Waals surface area contributed by atoms with Gasteiger partial charge in [0.05, 0.1) is 0 Å². The summed E-state index contributed by atoms with van der Waals surface area (Å²) in [7, 11) is -0.394. The first-order valence-corrected chi connectivity index (χ1v) is 7.42. The zero-order valence-electron chi connectivity index (χ0n) is 8.57. The Morgan fingerprint density at radius 3 is 2.43 bits per heavy atom. The van der Waals surface area contributed by atoms with E-state index in [1.54, 1.807) is 0 Å².